The summed E-state index contributed by atoms with van der Waals surface area (Å²) in [5.74, 6) is 0. The van der Waals surface area contributed by atoms with Crippen LogP contribution < -0.4 is 4.90 Å². The molecular formula is C67H57N. The van der Waals surface area contributed by atoms with E-state index in [1.54, 1.807) is 0 Å². The molecule has 13 rings (SSSR count). The van der Waals surface area contributed by atoms with Gasteiger partial charge in [-0.25, -0.2) is 0 Å². The summed E-state index contributed by atoms with van der Waals surface area (Å²) in [6.07, 6.45) is 2.29. The lowest BCUT2D eigenvalue weighted by atomic mass is 9.61. The molecule has 0 fully saturated rings. The molecule has 0 aromatic heterocycles. The molecule has 0 N–H and O–H groups in total. The standard InChI is InChI=1S/C67H57N/c1-42-29-36-58-63(65(4,5)38-37-64(58,2)3)62(42)53-40-52-50-24-14-18-28-57(50)67(55-26-16-12-22-48(55)49-23-13-17-27-56(49)67)60(52)41-61(53)68(45-32-30-44(31-33-45)43-19-9-8-10-20-43)46-34-35-51-47-21-11-15-25-54(47)66(6,7)59(51)39-46/h8-36,39-41H,37-38H2,1-7H3. The number of hydrogen-bond donors (Lipinski definition) is 0. The zero-order valence-electron chi connectivity index (χ0n) is 40.3. The highest BCUT2D eigenvalue weighted by Crippen LogP contribution is 2.65. The fourth-order valence-electron chi connectivity index (χ4n) is 13.4. The second-order valence-electron chi connectivity index (χ2n) is 21.9. The SMILES string of the molecule is Cc1ccc2c(c1-c1cc3c(cc1N(c1ccc(-c4ccccc4)cc1)c1ccc4c(c1)C(C)(C)c1ccccc1-4)C1(c4ccccc4-c4ccccc41)c1ccccc1-3)C(C)(C)CCC2(C)C. The average molecular weight is 876 g/mol. The molecule has 1 heteroatoms. The van der Waals surface area contributed by atoms with Crippen LogP contribution in [0.4, 0.5) is 17.1 Å². The van der Waals surface area contributed by atoms with Crippen molar-refractivity contribution in [3.63, 3.8) is 0 Å². The van der Waals surface area contributed by atoms with E-state index in [-0.39, 0.29) is 16.2 Å². The first-order valence-electron chi connectivity index (χ1n) is 24.7. The van der Waals surface area contributed by atoms with Gasteiger partial charge in [-0.05, 0) is 167 Å². The van der Waals surface area contributed by atoms with Gasteiger partial charge in [0.1, 0.15) is 0 Å². The van der Waals surface area contributed by atoms with E-state index >= 15 is 0 Å². The molecule has 0 heterocycles. The zero-order chi connectivity index (χ0) is 46.3. The molecule has 330 valence electrons. The Kier molecular flexibility index (Phi) is 8.68. The molecular weight excluding hydrogens is 819 g/mol. The predicted octanol–water partition coefficient (Wildman–Crippen LogP) is 17.8. The Hall–Kier alpha value is -7.22. The Labute approximate surface area is 402 Å². The van der Waals surface area contributed by atoms with Crippen molar-refractivity contribution >= 4 is 17.1 Å². The minimum Gasteiger partial charge on any atom is -0.310 e. The molecule has 1 nitrogen and oxygen atoms in total. The topological polar surface area (TPSA) is 3.24 Å². The van der Waals surface area contributed by atoms with E-state index in [2.05, 4.69) is 247 Å². The molecule has 0 saturated carbocycles. The molecule has 9 aromatic carbocycles. The normalized spacial score (nSPS) is 16.5. The average Bonchev–Trinajstić information content (AvgIpc) is 3.91. The number of aryl methyl sites for hydroxylation is 1. The number of rotatable bonds is 5. The minimum atomic E-state index is -0.497. The number of benzene rings is 9. The van der Waals surface area contributed by atoms with Crippen LogP contribution in [0.5, 0.6) is 0 Å². The van der Waals surface area contributed by atoms with Gasteiger partial charge in [0.2, 0.25) is 0 Å². The summed E-state index contributed by atoms with van der Waals surface area (Å²) in [5.41, 5.74) is 28.4. The van der Waals surface area contributed by atoms with Gasteiger partial charge < -0.3 is 4.90 Å². The van der Waals surface area contributed by atoms with Crippen molar-refractivity contribution in [2.45, 2.75) is 83.0 Å². The number of anilines is 3. The molecule has 0 atom stereocenters. The van der Waals surface area contributed by atoms with E-state index in [0.29, 0.717) is 0 Å². The highest BCUT2D eigenvalue weighted by Gasteiger charge is 2.52. The van der Waals surface area contributed by atoms with Crippen LogP contribution in [0.15, 0.2) is 194 Å². The van der Waals surface area contributed by atoms with E-state index in [4.69, 9.17) is 0 Å². The first kappa shape index (κ1) is 41.0. The third-order valence-electron chi connectivity index (χ3n) is 16.9. The maximum atomic E-state index is 2.64. The van der Waals surface area contributed by atoms with E-state index in [1.807, 2.05) is 0 Å². The third kappa shape index (κ3) is 5.57. The molecule has 0 unspecified atom stereocenters. The van der Waals surface area contributed by atoms with Crippen molar-refractivity contribution < 1.29 is 0 Å². The fraction of sp³-hybridized carbons (Fsp3) is 0.194. The van der Waals surface area contributed by atoms with Crippen LogP contribution in [0, 0.1) is 6.92 Å². The largest absolute Gasteiger partial charge is 0.310 e. The van der Waals surface area contributed by atoms with E-state index < -0.39 is 5.41 Å². The zero-order valence-corrected chi connectivity index (χ0v) is 40.3. The molecule has 4 aliphatic rings. The molecule has 0 amide bonds. The summed E-state index contributed by atoms with van der Waals surface area (Å²) in [4.78, 5) is 2.62. The molecule has 68 heavy (non-hydrogen) atoms. The van der Waals surface area contributed by atoms with Gasteiger partial charge in [0, 0.05) is 22.4 Å². The molecule has 0 radical (unpaired) electrons. The molecule has 9 aromatic rings. The van der Waals surface area contributed by atoms with Gasteiger partial charge in [0.25, 0.3) is 0 Å². The van der Waals surface area contributed by atoms with Crippen molar-refractivity contribution in [1.29, 1.82) is 0 Å². The van der Waals surface area contributed by atoms with Crippen LogP contribution in [0.1, 0.15) is 104 Å². The summed E-state index contributed by atoms with van der Waals surface area (Å²) in [6.45, 7) is 17.1. The van der Waals surface area contributed by atoms with Crippen LogP contribution in [-0.2, 0) is 21.7 Å². The van der Waals surface area contributed by atoms with Gasteiger partial charge >= 0.3 is 0 Å². The fourth-order valence-corrected chi connectivity index (χ4v) is 13.4. The lowest BCUT2D eigenvalue weighted by molar-refractivity contribution is 0.332. The number of nitrogens with zero attached hydrogens (tertiary/aromatic N) is 1. The quantitative estimate of drug-likeness (QED) is 0.167. The van der Waals surface area contributed by atoms with Crippen molar-refractivity contribution in [2.24, 2.45) is 0 Å². The van der Waals surface area contributed by atoms with Crippen molar-refractivity contribution in [1.82, 2.24) is 0 Å². The Morgan fingerprint density at radius 3 is 1.49 bits per heavy atom. The Bertz CT molecular complexity index is 3500. The monoisotopic (exact) mass is 875 g/mol. The summed E-state index contributed by atoms with van der Waals surface area (Å²) in [5, 5.41) is 0. The molecule has 0 bridgehead atoms. The summed E-state index contributed by atoms with van der Waals surface area (Å²) in [6, 6.07) is 74.3. The van der Waals surface area contributed by atoms with E-state index in [0.717, 1.165) is 24.2 Å². The first-order valence-corrected chi connectivity index (χ1v) is 24.7. The van der Waals surface area contributed by atoms with Crippen molar-refractivity contribution in [3.8, 4) is 55.6 Å². The summed E-state index contributed by atoms with van der Waals surface area (Å²) < 4.78 is 0. The van der Waals surface area contributed by atoms with Crippen LogP contribution in [0.3, 0.4) is 0 Å². The molecule has 1 spiro atoms. The van der Waals surface area contributed by atoms with Crippen LogP contribution in [-0.4, -0.2) is 0 Å². The van der Waals surface area contributed by atoms with Gasteiger partial charge in [-0.3, -0.25) is 0 Å². The summed E-state index contributed by atoms with van der Waals surface area (Å²) >= 11 is 0. The van der Waals surface area contributed by atoms with Gasteiger partial charge in [0.05, 0.1) is 11.1 Å². The van der Waals surface area contributed by atoms with Crippen molar-refractivity contribution in [2.75, 3.05) is 4.90 Å². The molecule has 0 saturated heterocycles. The molecule has 4 aliphatic carbocycles. The van der Waals surface area contributed by atoms with Crippen LogP contribution >= 0.6 is 0 Å². The van der Waals surface area contributed by atoms with E-state index in [9.17, 15) is 0 Å². The van der Waals surface area contributed by atoms with Crippen molar-refractivity contribution in [3.05, 3.63) is 244 Å². The van der Waals surface area contributed by atoms with Gasteiger partial charge in [-0.2, -0.15) is 0 Å². The predicted molar refractivity (Wildman–Crippen MR) is 286 cm³/mol. The second kappa shape index (κ2) is 14.4. The van der Waals surface area contributed by atoms with Gasteiger partial charge in [-0.1, -0.05) is 199 Å². The minimum absolute atomic E-state index is 0.0313. The Balaban J connectivity index is 1.17. The second-order valence-corrected chi connectivity index (χ2v) is 21.9. The smallest absolute Gasteiger partial charge is 0.0726 e. The van der Waals surface area contributed by atoms with Crippen LogP contribution in [0.25, 0.3) is 55.6 Å². The number of fused-ring (bicyclic) bond motifs is 14. The highest BCUT2D eigenvalue weighted by molar-refractivity contribution is 6.01. The highest BCUT2D eigenvalue weighted by atomic mass is 15.1. The Morgan fingerprint density at radius 1 is 0.353 bits per heavy atom. The Morgan fingerprint density at radius 2 is 0.853 bits per heavy atom. The van der Waals surface area contributed by atoms with Crippen LogP contribution in [0.2, 0.25) is 0 Å². The first-order chi connectivity index (χ1) is 32.9. The maximum Gasteiger partial charge on any atom is 0.0726 e. The third-order valence-corrected chi connectivity index (χ3v) is 16.9. The summed E-state index contributed by atoms with van der Waals surface area (Å²) in [7, 11) is 0. The van der Waals surface area contributed by atoms with E-state index in [1.165, 1.54) is 111 Å². The number of hydrogen-bond acceptors (Lipinski definition) is 1. The lowest BCUT2D eigenvalue weighted by Crippen LogP contribution is -2.34. The van der Waals surface area contributed by atoms with Gasteiger partial charge in [0.15, 0.2) is 0 Å². The lowest BCUT2D eigenvalue weighted by Gasteiger charge is -2.44. The maximum absolute atomic E-state index is 2.64. The molecule has 0 aliphatic heterocycles. The van der Waals surface area contributed by atoms with Gasteiger partial charge in [-0.15, -0.1) is 0 Å².